The van der Waals surface area contributed by atoms with Crippen LogP contribution in [0.4, 0.5) is 5.69 Å². The number of anilines is 1. The van der Waals surface area contributed by atoms with E-state index in [0.29, 0.717) is 13.0 Å². The Balaban J connectivity index is 1.91. The van der Waals surface area contributed by atoms with Crippen molar-refractivity contribution in [3.8, 4) is 5.75 Å². The van der Waals surface area contributed by atoms with Crippen molar-refractivity contribution in [1.82, 2.24) is 0 Å². The molecule has 0 radical (unpaired) electrons. The summed E-state index contributed by atoms with van der Waals surface area (Å²) in [5, 5.41) is 5.29. The lowest BCUT2D eigenvalue weighted by atomic mass is 9.83. The number of rotatable bonds is 3. The van der Waals surface area contributed by atoms with Gasteiger partial charge >= 0.3 is 0 Å². The van der Waals surface area contributed by atoms with E-state index < -0.39 is 0 Å². The maximum absolute atomic E-state index is 12.4. The number of carbonyl (C=O) groups excluding carboxylic acids is 1. The lowest BCUT2D eigenvalue weighted by Gasteiger charge is -2.28. The second-order valence-corrected chi connectivity index (χ2v) is 6.03. The molecule has 1 N–H and O–H groups in total. The van der Waals surface area contributed by atoms with Gasteiger partial charge < -0.3 is 10.1 Å². The predicted molar refractivity (Wildman–Crippen MR) is 96.6 cm³/mol. The summed E-state index contributed by atoms with van der Waals surface area (Å²) in [7, 11) is 0. The zero-order chi connectivity index (χ0) is 16.5. The number of fused-ring (bicyclic) bond motifs is 3. The van der Waals surface area contributed by atoms with Crippen LogP contribution in [0.2, 0.25) is 0 Å². The van der Waals surface area contributed by atoms with Crippen molar-refractivity contribution in [2.24, 2.45) is 0 Å². The average molecular weight is 317 g/mol. The van der Waals surface area contributed by atoms with Crippen LogP contribution in [0.5, 0.6) is 5.75 Å². The molecule has 0 bridgehead atoms. The Kier molecular flexibility index (Phi) is 3.69. The molecule has 0 aromatic heterocycles. The first-order valence-corrected chi connectivity index (χ1v) is 8.31. The molecule has 4 rings (SSSR count). The standard InChI is InChI=1S/C21H19NO2/c1-2-24-19-10-6-5-9-16(19)18-13-20(23)22-21-15-8-4-3-7-14(15)11-12-17(18)21/h3-12,18H,2,13H2,1H3,(H,22,23)/t18-/m0/s1. The summed E-state index contributed by atoms with van der Waals surface area (Å²) >= 11 is 0. The van der Waals surface area contributed by atoms with Crippen molar-refractivity contribution in [3.63, 3.8) is 0 Å². The Hall–Kier alpha value is -2.81. The van der Waals surface area contributed by atoms with Crippen LogP contribution in [0.1, 0.15) is 30.4 Å². The molecule has 120 valence electrons. The van der Waals surface area contributed by atoms with Crippen LogP contribution in [-0.4, -0.2) is 12.5 Å². The van der Waals surface area contributed by atoms with Crippen LogP contribution in [-0.2, 0) is 4.79 Å². The summed E-state index contributed by atoms with van der Waals surface area (Å²) in [6.07, 6.45) is 0.440. The predicted octanol–water partition coefficient (Wildman–Crippen LogP) is 4.71. The third kappa shape index (κ3) is 2.42. The van der Waals surface area contributed by atoms with Crippen LogP contribution in [0.15, 0.2) is 60.7 Å². The molecule has 24 heavy (non-hydrogen) atoms. The molecule has 3 aromatic carbocycles. The second-order valence-electron chi connectivity index (χ2n) is 6.03. The fraction of sp³-hybridized carbons (Fsp3) is 0.190. The van der Waals surface area contributed by atoms with Crippen molar-refractivity contribution in [2.75, 3.05) is 11.9 Å². The first kappa shape index (κ1) is 14.8. The van der Waals surface area contributed by atoms with Crippen LogP contribution < -0.4 is 10.1 Å². The van der Waals surface area contributed by atoms with Gasteiger partial charge in [0.05, 0.1) is 12.3 Å². The van der Waals surface area contributed by atoms with Gasteiger partial charge in [-0.15, -0.1) is 0 Å². The molecule has 1 amide bonds. The molecule has 1 heterocycles. The Morgan fingerprint density at radius 3 is 2.67 bits per heavy atom. The summed E-state index contributed by atoms with van der Waals surface area (Å²) in [4.78, 5) is 12.4. The van der Waals surface area contributed by atoms with Gasteiger partial charge in [-0.25, -0.2) is 0 Å². The van der Waals surface area contributed by atoms with Gasteiger partial charge in [-0.05, 0) is 23.9 Å². The number of benzene rings is 3. The monoisotopic (exact) mass is 317 g/mol. The number of hydrogen-bond donors (Lipinski definition) is 1. The molecule has 0 saturated heterocycles. The highest BCUT2D eigenvalue weighted by molar-refractivity contribution is 6.06. The van der Waals surface area contributed by atoms with E-state index in [1.165, 1.54) is 0 Å². The summed E-state index contributed by atoms with van der Waals surface area (Å²) in [6, 6.07) is 20.4. The lowest BCUT2D eigenvalue weighted by Crippen LogP contribution is -2.24. The van der Waals surface area contributed by atoms with Gasteiger partial charge in [0.15, 0.2) is 0 Å². The highest BCUT2D eigenvalue weighted by Gasteiger charge is 2.29. The Morgan fingerprint density at radius 1 is 1.00 bits per heavy atom. The molecule has 0 saturated carbocycles. The average Bonchev–Trinajstić information content (AvgIpc) is 2.62. The number of nitrogens with one attached hydrogen (secondary N) is 1. The molecule has 0 spiro atoms. The van der Waals surface area contributed by atoms with Crippen molar-refractivity contribution in [3.05, 3.63) is 71.8 Å². The van der Waals surface area contributed by atoms with E-state index in [4.69, 9.17) is 4.74 Å². The van der Waals surface area contributed by atoms with Crippen molar-refractivity contribution < 1.29 is 9.53 Å². The third-order valence-corrected chi connectivity index (χ3v) is 4.58. The molecule has 3 nitrogen and oxygen atoms in total. The SMILES string of the molecule is CCOc1ccccc1[C@@H]1CC(=O)Nc2c1ccc1ccccc21. The molecule has 1 aliphatic rings. The van der Waals surface area contributed by atoms with E-state index in [1.54, 1.807) is 0 Å². The molecular formula is C21H19NO2. The van der Waals surface area contributed by atoms with Gasteiger partial charge in [0, 0.05) is 23.3 Å². The molecular weight excluding hydrogens is 298 g/mol. The van der Waals surface area contributed by atoms with E-state index in [2.05, 4.69) is 35.6 Å². The first-order chi connectivity index (χ1) is 11.8. The van der Waals surface area contributed by atoms with Gasteiger partial charge in [-0.1, -0.05) is 54.6 Å². The fourth-order valence-electron chi connectivity index (χ4n) is 3.54. The number of amides is 1. The number of hydrogen-bond acceptors (Lipinski definition) is 2. The van der Waals surface area contributed by atoms with Gasteiger partial charge in [0.2, 0.25) is 5.91 Å². The number of carbonyl (C=O) groups is 1. The molecule has 0 fully saturated rings. The summed E-state index contributed by atoms with van der Waals surface area (Å²) in [6.45, 7) is 2.59. The first-order valence-electron chi connectivity index (χ1n) is 8.31. The van der Waals surface area contributed by atoms with Gasteiger partial charge in [0.25, 0.3) is 0 Å². The molecule has 1 atom stereocenters. The van der Waals surface area contributed by atoms with E-state index in [0.717, 1.165) is 33.3 Å². The van der Waals surface area contributed by atoms with E-state index in [9.17, 15) is 4.79 Å². The molecule has 0 unspecified atom stereocenters. The minimum absolute atomic E-state index is 0.0149. The highest BCUT2D eigenvalue weighted by atomic mass is 16.5. The summed E-state index contributed by atoms with van der Waals surface area (Å²) < 4.78 is 5.80. The summed E-state index contributed by atoms with van der Waals surface area (Å²) in [5.41, 5.74) is 3.16. The zero-order valence-electron chi connectivity index (χ0n) is 13.6. The topological polar surface area (TPSA) is 38.3 Å². The van der Waals surface area contributed by atoms with Crippen molar-refractivity contribution in [2.45, 2.75) is 19.3 Å². The number of ether oxygens (including phenoxy) is 1. The molecule has 0 aliphatic carbocycles. The van der Waals surface area contributed by atoms with E-state index in [1.807, 2.05) is 37.3 Å². The van der Waals surface area contributed by atoms with Crippen LogP contribution >= 0.6 is 0 Å². The maximum atomic E-state index is 12.4. The Morgan fingerprint density at radius 2 is 1.79 bits per heavy atom. The molecule has 3 aromatic rings. The Bertz CT molecular complexity index is 917. The van der Waals surface area contributed by atoms with Gasteiger partial charge in [-0.2, -0.15) is 0 Å². The van der Waals surface area contributed by atoms with Crippen LogP contribution in [0, 0.1) is 0 Å². The normalized spacial score (nSPS) is 16.5. The van der Waals surface area contributed by atoms with Crippen LogP contribution in [0.25, 0.3) is 10.8 Å². The number of para-hydroxylation sites is 1. The summed E-state index contributed by atoms with van der Waals surface area (Å²) in [5.74, 6) is 0.926. The molecule has 1 aliphatic heterocycles. The Labute approximate surface area is 141 Å². The quantitative estimate of drug-likeness (QED) is 0.759. The minimum atomic E-state index is 0.0149. The van der Waals surface area contributed by atoms with Gasteiger partial charge in [-0.3, -0.25) is 4.79 Å². The highest BCUT2D eigenvalue weighted by Crippen LogP contribution is 2.43. The second kappa shape index (κ2) is 6.00. The smallest absolute Gasteiger partial charge is 0.225 e. The minimum Gasteiger partial charge on any atom is -0.494 e. The fourth-order valence-corrected chi connectivity index (χ4v) is 3.54. The van der Waals surface area contributed by atoms with Crippen molar-refractivity contribution >= 4 is 22.4 Å². The van der Waals surface area contributed by atoms with Crippen LogP contribution in [0.3, 0.4) is 0 Å². The third-order valence-electron chi connectivity index (χ3n) is 4.58. The van der Waals surface area contributed by atoms with Crippen molar-refractivity contribution in [1.29, 1.82) is 0 Å². The largest absolute Gasteiger partial charge is 0.494 e. The zero-order valence-corrected chi connectivity index (χ0v) is 13.6. The van der Waals surface area contributed by atoms with E-state index >= 15 is 0 Å². The van der Waals surface area contributed by atoms with E-state index in [-0.39, 0.29) is 11.8 Å². The lowest BCUT2D eigenvalue weighted by molar-refractivity contribution is -0.116. The maximum Gasteiger partial charge on any atom is 0.225 e. The van der Waals surface area contributed by atoms with Gasteiger partial charge in [0.1, 0.15) is 5.75 Å². The molecule has 3 heteroatoms.